The minimum atomic E-state index is -0.0000231. The molecule has 1 N–H and O–H groups in total. The van der Waals surface area contributed by atoms with Crippen LogP contribution >= 0.6 is 0 Å². The van der Waals surface area contributed by atoms with E-state index in [9.17, 15) is 4.79 Å². The maximum Gasteiger partial charge on any atom is 0.258 e. The van der Waals surface area contributed by atoms with E-state index in [0.717, 1.165) is 29.2 Å². The van der Waals surface area contributed by atoms with Gasteiger partial charge in [0.1, 0.15) is 5.82 Å². The van der Waals surface area contributed by atoms with Crippen LogP contribution in [-0.2, 0) is 6.42 Å². The Morgan fingerprint density at radius 3 is 2.86 bits per heavy atom. The smallest absolute Gasteiger partial charge is 0.258 e. The number of nitrogens with zero attached hydrogens (tertiary/aromatic N) is 2. The van der Waals surface area contributed by atoms with Crippen LogP contribution in [0.2, 0.25) is 0 Å². The summed E-state index contributed by atoms with van der Waals surface area (Å²) in [5.74, 6) is 2.32. The molecule has 2 aromatic rings. The van der Waals surface area contributed by atoms with E-state index in [1.54, 1.807) is 0 Å². The molecule has 2 bridgehead atoms. The Morgan fingerprint density at radius 2 is 2.14 bits per heavy atom. The van der Waals surface area contributed by atoms with Crippen LogP contribution < -0.4 is 5.56 Å². The molecule has 3 fully saturated rings. The van der Waals surface area contributed by atoms with Crippen molar-refractivity contribution in [1.82, 2.24) is 14.9 Å². The van der Waals surface area contributed by atoms with E-state index in [1.807, 2.05) is 25.1 Å². The standard InChI is InChI=1S/C17H21N3O/c1-11-3-2-4-14-16(11)18-15(19-17(14)21)9-13-10-20-7-5-12(13)6-8-20/h2-4,12-13H,5-10H2,1H3,(H,18,19,21). The summed E-state index contributed by atoms with van der Waals surface area (Å²) in [7, 11) is 0. The highest BCUT2D eigenvalue weighted by Crippen LogP contribution is 2.33. The first-order chi connectivity index (χ1) is 10.2. The zero-order valence-electron chi connectivity index (χ0n) is 12.4. The maximum absolute atomic E-state index is 12.2. The molecule has 0 saturated carbocycles. The number of benzene rings is 1. The van der Waals surface area contributed by atoms with Gasteiger partial charge in [-0.05, 0) is 56.3 Å². The Labute approximate surface area is 124 Å². The molecule has 1 atom stereocenters. The van der Waals surface area contributed by atoms with Gasteiger partial charge in [0.15, 0.2) is 0 Å². The van der Waals surface area contributed by atoms with Crippen molar-refractivity contribution in [2.24, 2.45) is 11.8 Å². The van der Waals surface area contributed by atoms with Crippen molar-refractivity contribution in [3.63, 3.8) is 0 Å². The van der Waals surface area contributed by atoms with Crippen molar-refractivity contribution >= 4 is 10.9 Å². The first-order valence-electron chi connectivity index (χ1n) is 7.91. The Balaban J connectivity index is 1.68. The van der Waals surface area contributed by atoms with Gasteiger partial charge >= 0.3 is 0 Å². The number of nitrogens with one attached hydrogen (secondary N) is 1. The molecule has 4 heterocycles. The molecular weight excluding hydrogens is 262 g/mol. The number of rotatable bonds is 2. The second-order valence-electron chi connectivity index (χ2n) is 6.59. The second-order valence-corrected chi connectivity index (χ2v) is 6.59. The predicted molar refractivity (Wildman–Crippen MR) is 83.5 cm³/mol. The van der Waals surface area contributed by atoms with Gasteiger partial charge in [0.2, 0.25) is 0 Å². The van der Waals surface area contributed by atoms with Crippen LogP contribution in [0.5, 0.6) is 0 Å². The summed E-state index contributed by atoms with van der Waals surface area (Å²) in [6, 6.07) is 5.79. The van der Waals surface area contributed by atoms with Gasteiger partial charge in [-0.1, -0.05) is 12.1 Å². The monoisotopic (exact) mass is 283 g/mol. The minimum absolute atomic E-state index is 0.0000231. The van der Waals surface area contributed by atoms with Crippen LogP contribution in [0.4, 0.5) is 0 Å². The number of piperidine rings is 3. The van der Waals surface area contributed by atoms with Crippen LogP contribution in [0.25, 0.3) is 10.9 Å². The van der Waals surface area contributed by atoms with Gasteiger partial charge in [-0.15, -0.1) is 0 Å². The molecule has 4 heteroatoms. The van der Waals surface area contributed by atoms with Gasteiger partial charge in [0.25, 0.3) is 5.56 Å². The fraction of sp³-hybridized carbons (Fsp3) is 0.529. The van der Waals surface area contributed by atoms with Gasteiger partial charge in [-0.3, -0.25) is 4.79 Å². The number of aromatic nitrogens is 2. The number of H-pyrrole nitrogens is 1. The van der Waals surface area contributed by atoms with E-state index in [-0.39, 0.29) is 5.56 Å². The van der Waals surface area contributed by atoms with Gasteiger partial charge < -0.3 is 9.88 Å². The lowest BCUT2D eigenvalue weighted by Gasteiger charge is -2.44. The van der Waals surface area contributed by atoms with Crippen LogP contribution in [0.1, 0.15) is 24.2 Å². The first kappa shape index (κ1) is 13.0. The molecule has 1 unspecified atom stereocenters. The molecule has 1 aromatic heterocycles. The highest BCUT2D eigenvalue weighted by atomic mass is 16.1. The summed E-state index contributed by atoms with van der Waals surface area (Å²) >= 11 is 0. The number of hydrogen-bond acceptors (Lipinski definition) is 3. The van der Waals surface area contributed by atoms with Crippen molar-refractivity contribution < 1.29 is 0 Å². The van der Waals surface area contributed by atoms with Gasteiger partial charge in [-0.25, -0.2) is 4.98 Å². The summed E-state index contributed by atoms with van der Waals surface area (Å²) in [5, 5.41) is 0.702. The fourth-order valence-electron chi connectivity index (χ4n) is 4.02. The molecule has 5 rings (SSSR count). The summed E-state index contributed by atoms with van der Waals surface area (Å²) in [6.45, 7) is 5.69. The lowest BCUT2D eigenvalue weighted by molar-refractivity contribution is 0.0503. The Bertz CT molecular complexity index is 728. The number of para-hydroxylation sites is 1. The van der Waals surface area contributed by atoms with Crippen molar-refractivity contribution in [3.05, 3.63) is 39.9 Å². The van der Waals surface area contributed by atoms with Crippen molar-refractivity contribution in [3.8, 4) is 0 Å². The third-order valence-corrected chi connectivity index (χ3v) is 5.23. The minimum Gasteiger partial charge on any atom is -0.310 e. The second kappa shape index (κ2) is 4.95. The van der Waals surface area contributed by atoms with E-state index in [4.69, 9.17) is 4.98 Å². The van der Waals surface area contributed by atoms with E-state index in [1.165, 1.54) is 32.5 Å². The van der Waals surface area contributed by atoms with E-state index >= 15 is 0 Å². The Morgan fingerprint density at radius 1 is 1.33 bits per heavy atom. The molecule has 3 aliphatic heterocycles. The molecule has 110 valence electrons. The van der Waals surface area contributed by atoms with Gasteiger partial charge in [0, 0.05) is 13.0 Å². The fourth-order valence-corrected chi connectivity index (χ4v) is 4.02. The zero-order valence-corrected chi connectivity index (χ0v) is 12.4. The molecule has 3 saturated heterocycles. The lowest BCUT2D eigenvalue weighted by Crippen LogP contribution is -2.48. The third-order valence-electron chi connectivity index (χ3n) is 5.23. The van der Waals surface area contributed by atoms with Crippen LogP contribution in [0.15, 0.2) is 23.0 Å². The molecule has 21 heavy (non-hydrogen) atoms. The molecule has 0 aliphatic carbocycles. The largest absolute Gasteiger partial charge is 0.310 e. The average Bonchev–Trinajstić information content (AvgIpc) is 2.50. The average molecular weight is 283 g/mol. The lowest BCUT2D eigenvalue weighted by atomic mass is 9.77. The molecule has 4 nitrogen and oxygen atoms in total. The quantitative estimate of drug-likeness (QED) is 0.918. The number of aryl methyl sites for hydroxylation is 1. The van der Waals surface area contributed by atoms with Crippen molar-refractivity contribution in [2.45, 2.75) is 26.2 Å². The Kier molecular flexibility index (Phi) is 3.07. The Hall–Kier alpha value is -1.68. The topological polar surface area (TPSA) is 49.0 Å². The van der Waals surface area contributed by atoms with E-state index in [2.05, 4.69) is 9.88 Å². The summed E-state index contributed by atoms with van der Waals surface area (Å²) in [6.07, 6.45) is 3.52. The van der Waals surface area contributed by atoms with Crippen molar-refractivity contribution in [2.75, 3.05) is 19.6 Å². The van der Waals surface area contributed by atoms with Crippen LogP contribution in [0.3, 0.4) is 0 Å². The van der Waals surface area contributed by atoms with Crippen molar-refractivity contribution in [1.29, 1.82) is 0 Å². The normalized spacial score (nSPS) is 28.1. The van der Waals surface area contributed by atoms with E-state index < -0.39 is 0 Å². The van der Waals surface area contributed by atoms with Gasteiger partial charge in [-0.2, -0.15) is 0 Å². The first-order valence-corrected chi connectivity index (χ1v) is 7.91. The highest BCUT2D eigenvalue weighted by Gasteiger charge is 2.34. The molecule has 0 radical (unpaired) electrons. The number of aromatic amines is 1. The predicted octanol–water partition coefficient (Wildman–Crippen LogP) is 2.12. The summed E-state index contributed by atoms with van der Waals surface area (Å²) in [5.41, 5.74) is 1.94. The molecule has 0 spiro atoms. The third kappa shape index (κ3) is 2.27. The highest BCUT2D eigenvalue weighted by molar-refractivity contribution is 5.80. The molecule has 1 aromatic carbocycles. The van der Waals surface area contributed by atoms with Crippen LogP contribution in [-0.4, -0.2) is 34.5 Å². The van der Waals surface area contributed by atoms with E-state index in [0.29, 0.717) is 11.3 Å². The maximum atomic E-state index is 12.2. The number of fused-ring (bicyclic) bond motifs is 4. The van der Waals surface area contributed by atoms with Gasteiger partial charge in [0.05, 0.1) is 10.9 Å². The molecular formula is C17H21N3O. The van der Waals surface area contributed by atoms with Crippen LogP contribution in [0, 0.1) is 18.8 Å². The summed E-state index contributed by atoms with van der Waals surface area (Å²) in [4.78, 5) is 22.5. The molecule has 3 aliphatic rings. The number of hydrogen-bond donors (Lipinski definition) is 1. The zero-order chi connectivity index (χ0) is 14.4. The SMILES string of the molecule is Cc1cccc2c(=O)[nH]c(CC3CN4CCC3CC4)nc12. The molecule has 0 amide bonds. The summed E-state index contributed by atoms with van der Waals surface area (Å²) < 4.78 is 0.